The molecule has 3 heteroatoms. The standard InChI is InChI=1S/C9H12BrNO/c1-6-2-3-7(10)4-8(6)9(12)5-11/h2-4,9,12H,5,11H2,1H3/t9-/m0/s1. The van der Waals surface area contributed by atoms with Crippen LogP contribution in [0.5, 0.6) is 0 Å². The molecular weight excluding hydrogens is 218 g/mol. The molecule has 0 saturated carbocycles. The normalized spacial score (nSPS) is 13.0. The van der Waals surface area contributed by atoms with Crippen molar-refractivity contribution in [3.8, 4) is 0 Å². The van der Waals surface area contributed by atoms with Gasteiger partial charge in [-0.1, -0.05) is 22.0 Å². The van der Waals surface area contributed by atoms with Crippen LogP contribution >= 0.6 is 15.9 Å². The number of aliphatic hydroxyl groups is 1. The summed E-state index contributed by atoms with van der Waals surface area (Å²) in [5.74, 6) is 0. The second kappa shape index (κ2) is 4.03. The van der Waals surface area contributed by atoms with Crippen molar-refractivity contribution in [2.24, 2.45) is 5.73 Å². The van der Waals surface area contributed by atoms with E-state index in [1.807, 2.05) is 25.1 Å². The predicted molar refractivity (Wildman–Crippen MR) is 52.9 cm³/mol. The molecular formula is C9H12BrNO. The molecule has 12 heavy (non-hydrogen) atoms. The number of aryl methyl sites for hydroxylation is 1. The van der Waals surface area contributed by atoms with Crippen molar-refractivity contribution in [2.75, 3.05) is 6.54 Å². The van der Waals surface area contributed by atoms with Gasteiger partial charge in [-0.15, -0.1) is 0 Å². The Bertz CT molecular complexity index is 275. The van der Waals surface area contributed by atoms with Crippen molar-refractivity contribution in [3.63, 3.8) is 0 Å². The van der Waals surface area contributed by atoms with Gasteiger partial charge in [0.1, 0.15) is 0 Å². The molecule has 66 valence electrons. The third-order valence-corrected chi connectivity index (χ3v) is 2.32. The van der Waals surface area contributed by atoms with Crippen LogP contribution in [0.1, 0.15) is 17.2 Å². The number of nitrogens with two attached hydrogens (primary N) is 1. The van der Waals surface area contributed by atoms with E-state index in [-0.39, 0.29) is 6.54 Å². The largest absolute Gasteiger partial charge is 0.387 e. The molecule has 0 spiro atoms. The van der Waals surface area contributed by atoms with Crippen LogP contribution in [0.2, 0.25) is 0 Å². The molecule has 0 amide bonds. The fourth-order valence-electron chi connectivity index (χ4n) is 1.10. The van der Waals surface area contributed by atoms with Gasteiger partial charge in [0.05, 0.1) is 6.10 Å². The average Bonchev–Trinajstić information content (AvgIpc) is 2.08. The van der Waals surface area contributed by atoms with Crippen LogP contribution < -0.4 is 5.73 Å². The van der Waals surface area contributed by atoms with Crippen molar-refractivity contribution in [3.05, 3.63) is 33.8 Å². The zero-order chi connectivity index (χ0) is 9.14. The lowest BCUT2D eigenvalue weighted by Gasteiger charge is -2.11. The first-order valence-corrected chi connectivity index (χ1v) is 4.58. The van der Waals surface area contributed by atoms with Gasteiger partial charge in [-0.25, -0.2) is 0 Å². The highest BCUT2D eigenvalue weighted by molar-refractivity contribution is 9.10. The van der Waals surface area contributed by atoms with E-state index in [4.69, 9.17) is 5.73 Å². The van der Waals surface area contributed by atoms with Gasteiger partial charge in [-0.2, -0.15) is 0 Å². The maximum Gasteiger partial charge on any atom is 0.0915 e. The van der Waals surface area contributed by atoms with Crippen molar-refractivity contribution in [1.29, 1.82) is 0 Å². The molecule has 1 atom stereocenters. The summed E-state index contributed by atoms with van der Waals surface area (Å²) in [6.07, 6.45) is -0.553. The molecule has 0 aliphatic carbocycles. The van der Waals surface area contributed by atoms with Gasteiger partial charge in [-0.05, 0) is 30.2 Å². The van der Waals surface area contributed by atoms with Crippen molar-refractivity contribution >= 4 is 15.9 Å². The summed E-state index contributed by atoms with van der Waals surface area (Å²) in [7, 11) is 0. The monoisotopic (exact) mass is 229 g/mol. The predicted octanol–water partition coefficient (Wildman–Crippen LogP) is 1.75. The highest BCUT2D eigenvalue weighted by atomic mass is 79.9. The number of halogens is 1. The average molecular weight is 230 g/mol. The van der Waals surface area contributed by atoms with Gasteiger partial charge in [0.15, 0.2) is 0 Å². The van der Waals surface area contributed by atoms with Gasteiger partial charge in [0.2, 0.25) is 0 Å². The molecule has 1 rings (SSSR count). The summed E-state index contributed by atoms with van der Waals surface area (Å²) in [5, 5.41) is 9.49. The first kappa shape index (κ1) is 9.71. The Kier molecular flexibility index (Phi) is 3.26. The molecule has 0 radical (unpaired) electrons. The zero-order valence-electron chi connectivity index (χ0n) is 6.92. The topological polar surface area (TPSA) is 46.2 Å². The first-order valence-electron chi connectivity index (χ1n) is 3.79. The lowest BCUT2D eigenvalue weighted by molar-refractivity contribution is 0.186. The summed E-state index contributed by atoms with van der Waals surface area (Å²) < 4.78 is 0.968. The maximum atomic E-state index is 9.49. The minimum atomic E-state index is -0.553. The van der Waals surface area contributed by atoms with Gasteiger partial charge in [0.25, 0.3) is 0 Å². The third-order valence-electron chi connectivity index (χ3n) is 1.82. The SMILES string of the molecule is Cc1ccc(Br)cc1[C@@H](O)CN. The van der Waals surface area contributed by atoms with Gasteiger partial charge in [-0.3, -0.25) is 0 Å². The zero-order valence-corrected chi connectivity index (χ0v) is 8.51. The van der Waals surface area contributed by atoms with Gasteiger partial charge < -0.3 is 10.8 Å². The fraction of sp³-hybridized carbons (Fsp3) is 0.333. The van der Waals surface area contributed by atoms with Crippen LogP contribution in [0, 0.1) is 6.92 Å². The molecule has 1 aromatic rings. The summed E-state index contributed by atoms with van der Waals surface area (Å²) in [6, 6.07) is 5.80. The van der Waals surface area contributed by atoms with Gasteiger partial charge in [0, 0.05) is 11.0 Å². The van der Waals surface area contributed by atoms with E-state index in [1.54, 1.807) is 0 Å². The maximum absolute atomic E-state index is 9.49. The number of hydrogen-bond acceptors (Lipinski definition) is 2. The van der Waals surface area contributed by atoms with E-state index in [0.717, 1.165) is 15.6 Å². The fourth-order valence-corrected chi connectivity index (χ4v) is 1.48. The third kappa shape index (κ3) is 2.06. The minimum Gasteiger partial charge on any atom is -0.387 e. The lowest BCUT2D eigenvalue weighted by Crippen LogP contribution is -2.12. The van der Waals surface area contributed by atoms with Crippen LogP contribution in [-0.4, -0.2) is 11.7 Å². The Labute approximate surface area is 80.5 Å². The van der Waals surface area contributed by atoms with E-state index < -0.39 is 6.10 Å². The number of benzene rings is 1. The molecule has 1 aromatic carbocycles. The van der Waals surface area contributed by atoms with Crippen molar-refractivity contribution in [2.45, 2.75) is 13.0 Å². The van der Waals surface area contributed by atoms with Crippen LogP contribution in [0.3, 0.4) is 0 Å². The van der Waals surface area contributed by atoms with E-state index in [2.05, 4.69) is 15.9 Å². The van der Waals surface area contributed by atoms with E-state index in [9.17, 15) is 5.11 Å². The summed E-state index contributed by atoms with van der Waals surface area (Å²) in [4.78, 5) is 0. The second-order valence-electron chi connectivity index (χ2n) is 2.75. The molecule has 0 saturated heterocycles. The molecule has 0 bridgehead atoms. The smallest absolute Gasteiger partial charge is 0.0915 e. The summed E-state index contributed by atoms with van der Waals surface area (Å²) in [6.45, 7) is 2.22. The van der Waals surface area contributed by atoms with Crippen molar-refractivity contribution in [1.82, 2.24) is 0 Å². The second-order valence-corrected chi connectivity index (χ2v) is 3.67. The van der Waals surface area contributed by atoms with Crippen LogP contribution in [0.4, 0.5) is 0 Å². The Morgan fingerprint density at radius 1 is 1.58 bits per heavy atom. The molecule has 0 aromatic heterocycles. The summed E-state index contributed by atoms with van der Waals surface area (Å²) in [5.41, 5.74) is 7.32. The van der Waals surface area contributed by atoms with Gasteiger partial charge >= 0.3 is 0 Å². The van der Waals surface area contributed by atoms with Crippen molar-refractivity contribution < 1.29 is 5.11 Å². The van der Waals surface area contributed by atoms with E-state index >= 15 is 0 Å². The Balaban J connectivity index is 3.04. The summed E-state index contributed by atoms with van der Waals surface area (Å²) >= 11 is 3.34. The molecule has 0 fully saturated rings. The van der Waals surface area contributed by atoms with Crippen LogP contribution in [-0.2, 0) is 0 Å². The highest BCUT2D eigenvalue weighted by Gasteiger charge is 2.07. The Morgan fingerprint density at radius 3 is 2.83 bits per heavy atom. The quantitative estimate of drug-likeness (QED) is 0.812. The Hall–Kier alpha value is -0.380. The molecule has 0 heterocycles. The van der Waals surface area contributed by atoms with E-state index in [0.29, 0.717) is 0 Å². The molecule has 0 aliphatic rings. The van der Waals surface area contributed by atoms with E-state index in [1.165, 1.54) is 0 Å². The Morgan fingerprint density at radius 2 is 2.25 bits per heavy atom. The lowest BCUT2D eigenvalue weighted by atomic mass is 10.0. The molecule has 2 nitrogen and oxygen atoms in total. The molecule has 0 unspecified atom stereocenters. The van der Waals surface area contributed by atoms with Crippen LogP contribution in [0.25, 0.3) is 0 Å². The first-order chi connectivity index (χ1) is 5.65. The minimum absolute atomic E-state index is 0.261. The molecule has 0 aliphatic heterocycles. The van der Waals surface area contributed by atoms with Crippen LogP contribution in [0.15, 0.2) is 22.7 Å². The number of aliphatic hydroxyl groups excluding tert-OH is 1. The number of rotatable bonds is 2. The molecule has 3 N–H and O–H groups in total. The highest BCUT2D eigenvalue weighted by Crippen LogP contribution is 2.21. The number of hydrogen-bond donors (Lipinski definition) is 2.